The molecule has 2 aromatic rings. The fourth-order valence-electron chi connectivity index (χ4n) is 1.82. The summed E-state index contributed by atoms with van der Waals surface area (Å²) in [5.74, 6) is -0.736. The van der Waals surface area contributed by atoms with Crippen LogP contribution in [0.4, 0.5) is 4.39 Å². The number of carbonyl (C=O) groups excluding carboxylic acids is 1. The zero-order valence-corrected chi connectivity index (χ0v) is 11.3. The Kier molecular flexibility index (Phi) is 4.25. The minimum Gasteiger partial charge on any atom is -0.466 e. The Balaban J connectivity index is 2.41. The second-order valence-electron chi connectivity index (χ2n) is 4.29. The molecule has 0 radical (unpaired) electrons. The number of hydrogen-bond acceptors (Lipinski definition) is 3. The molecule has 0 N–H and O–H groups in total. The number of pyridine rings is 1. The average molecular weight is 271 g/mol. The van der Waals surface area contributed by atoms with Gasteiger partial charge in [0.1, 0.15) is 5.82 Å². The van der Waals surface area contributed by atoms with Crippen molar-refractivity contribution in [3.8, 4) is 11.1 Å². The van der Waals surface area contributed by atoms with E-state index in [1.807, 2.05) is 0 Å². The summed E-state index contributed by atoms with van der Waals surface area (Å²) < 4.78 is 18.3. The third-order valence-electron chi connectivity index (χ3n) is 2.91. The molecule has 0 aliphatic rings. The van der Waals surface area contributed by atoms with Crippen molar-refractivity contribution in [1.82, 2.24) is 4.98 Å². The summed E-state index contributed by atoms with van der Waals surface area (Å²) in [5, 5.41) is 0. The number of hydrogen-bond donors (Lipinski definition) is 0. The molecule has 1 aromatic heterocycles. The Labute approximate surface area is 116 Å². The molecule has 2 rings (SSSR count). The summed E-state index contributed by atoms with van der Waals surface area (Å²) in [6, 6.07) is 8.29. The van der Waals surface area contributed by atoms with E-state index in [4.69, 9.17) is 0 Å². The molecule has 1 heterocycles. The smallest absolute Gasteiger partial charge is 0.330 e. The van der Waals surface area contributed by atoms with Gasteiger partial charge in [0.2, 0.25) is 0 Å². The molecule has 0 saturated carbocycles. The first-order chi connectivity index (χ1) is 9.61. The quantitative estimate of drug-likeness (QED) is 0.634. The molecular weight excluding hydrogens is 257 g/mol. The Bertz CT molecular complexity index is 665. The van der Waals surface area contributed by atoms with Crippen molar-refractivity contribution in [2.75, 3.05) is 7.11 Å². The lowest BCUT2D eigenvalue weighted by Gasteiger charge is -2.06. The van der Waals surface area contributed by atoms with E-state index >= 15 is 0 Å². The third kappa shape index (κ3) is 3.09. The van der Waals surface area contributed by atoms with Gasteiger partial charge in [0.05, 0.1) is 7.11 Å². The molecule has 0 atom stereocenters. The van der Waals surface area contributed by atoms with Crippen LogP contribution in [0.2, 0.25) is 0 Å². The molecule has 0 unspecified atom stereocenters. The van der Waals surface area contributed by atoms with Gasteiger partial charge in [-0.05, 0) is 30.2 Å². The van der Waals surface area contributed by atoms with E-state index < -0.39 is 5.97 Å². The summed E-state index contributed by atoms with van der Waals surface area (Å²) in [4.78, 5) is 15.3. The van der Waals surface area contributed by atoms with E-state index in [0.717, 1.165) is 5.56 Å². The largest absolute Gasteiger partial charge is 0.466 e. The van der Waals surface area contributed by atoms with E-state index in [9.17, 15) is 9.18 Å². The van der Waals surface area contributed by atoms with Gasteiger partial charge < -0.3 is 4.74 Å². The maximum Gasteiger partial charge on any atom is 0.330 e. The van der Waals surface area contributed by atoms with Gasteiger partial charge in [-0.3, -0.25) is 4.98 Å². The highest BCUT2D eigenvalue weighted by atomic mass is 19.1. The molecule has 3 nitrogen and oxygen atoms in total. The van der Waals surface area contributed by atoms with Crippen molar-refractivity contribution in [3.05, 3.63) is 60.2 Å². The van der Waals surface area contributed by atoms with Gasteiger partial charge >= 0.3 is 5.97 Å². The van der Waals surface area contributed by atoms with E-state index in [1.54, 1.807) is 43.6 Å². The van der Waals surface area contributed by atoms with Crippen LogP contribution >= 0.6 is 0 Å². The van der Waals surface area contributed by atoms with Gasteiger partial charge in [-0.15, -0.1) is 0 Å². The van der Waals surface area contributed by atoms with Crippen molar-refractivity contribution in [2.45, 2.75) is 6.92 Å². The van der Waals surface area contributed by atoms with Gasteiger partial charge in [-0.1, -0.05) is 18.2 Å². The van der Waals surface area contributed by atoms with Crippen LogP contribution in [-0.2, 0) is 9.53 Å². The first-order valence-electron chi connectivity index (χ1n) is 6.08. The predicted octanol–water partition coefficient (Wildman–Crippen LogP) is 3.46. The summed E-state index contributed by atoms with van der Waals surface area (Å²) in [7, 11) is 1.32. The fourth-order valence-corrected chi connectivity index (χ4v) is 1.82. The highest BCUT2D eigenvalue weighted by Crippen LogP contribution is 2.24. The van der Waals surface area contributed by atoms with E-state index in [-0.39, 0.29) is 5.82 Å². The molecule has 0 aliphatic carbocycles. The van der Waals surface area contributed by atoms with E-state index in [2.05, 4.69) is 9.72 Å². The molecule has 20 heavy (non-hydrogen) atoms. The molecule has 0 saturated heterocycles. The number of allylic oxidation sites excluding steroid dienone is 1. The number of halogens is 1. The van der Waals surface area contributed by atoms with E-state index in [1.165, 1.54) is 19.3 Å². The number of nitrogens with zero attached hydrogens (tertiary/aromatic N) is 1. The maximum absolute atomic E-state index is 13.8. The van der Waals surface area contributed by atoms with Crippen LogP contribution in [-0.4, -0.2) is 18.1 Å². The Hall–Kier alpha value is -2.49. The van der Waals surface area contributed by atoms with Crippen LogP contribution < -0.4 is 0 Å². The van der Waals surface area contributed by atoms with Gasteiger partial charge in [0, 0.05) is 29.6 Å². The standard InChI is InChI=1S/C16H14FNO2/c1-11(7-16(19)20-2)12-8-13(10-18-9-12)14-5-3-4-6-15(14)17/h3-10H,1-2H3/b11-7+. The van der Waals surface area contributed by atoms with Crippen LogP contribution in [0.15, 0.2) is 48.8 Å². The number of esters is 1. The van der Waals surface area contributed by atoms with Crippen LogP contribution in [0.25, 0.3) is 16.7 Å². The molecule has 0 spiro atoms. The lowest BCUT2D eigenvalue weighted by atomic mass is 10.0. The molecule has 0 aliphatic heterocycles. The molecular formula is C16H14FNO2. The minimum atomic E-state index is -0.432. The number of ether oxygens (including phenoxy) is 1. The average Bonchev–Trinajstić information content (AvgIpc) is 2.47. The normalized spacial score (nSPS) is 11.2. The lowest BCUT2D eigenvalue weighted by Crippen LogP contribution is -1.96. The molecule has 0 bridgehead atoms. The third-order valence-corrected chi connectivity index (χ3v) is 2.91. The van der Waals surface area contributed by atoms with Crippen LogP contribution in [0.3, 0.4) is 0 Å². The highest BCUT2D eigenvalue weighted by Gasteiger charge is 2.07. The topological polar surface area (TPSA) is 39.2 Å². The molecule has 1 aromatic carbocycles. The number of benzene rings is 1. The first kappa shape index (κ1) is 13.9. The number of methoxy groups -OCH3 is 1. The minimum absolute atomic E-state index is 0.305. The summed E-state index contributed by atoms with van der Waals surface area (Å²) in [6.07, 6.45) is 4.59. The monoisotopic (exact) mass is 271 g/mol. The number of aromatic nitrogens is 1. The van der Waals surface area contributed by atoms with Gasteiger partial charge in [-0.2, -0.15) is 0 Å². The molecule has 0 fully saturated rings. The van der Waals surface area contributed by atoms with E-state index in [0.29, 0.717) is 16.7 Å². The molecule has 102 valence electrons. The lowest BCUT2D eigenvalue weighted by molar-refractivity contribution is -0.134. The Morgan fingerprint density at radius 1 is 1.30 bits per heavy atom. The molecule has 4 heteroatoms. The predicted molar refractivity (Wildman–Crippen MR) is 75.3 cm³/mol. The SMILES string of the molecule is COC(=O)/C=C(\C)c1cncc(-c2ccccc2F)c1. The van der Waals surface area contributed by atoms with Gasteiger partial charge in [0.25, 0.3) is 0 Å². The molecule has 0 amide bonds. The van der Waals surface area contributed by atoms with Crippen molar-refractivity contribution >= 4 is 11.5 Å². The zero-order valence-electron chi connectivity index (χ0n) is 11.3. The maximum atomic E-state index is 13.8. The number of carbonyl (C=O) groups is 1. The fraction of sp³-hybridized carbons (Fsp3) is 0.125. The first-order valence-corrected chi connectivity index (χ1v) is 6.08. The Morgan fingerprint density at radius 2 is 2.05 bits per heavy atom. The van der Waals surface area contributed by atoms with Crippen LogP contribution in [0.1, 0.15) is 12.5 Å². The summed E-state index contributed by atoms with van der Waals surface area (Å²) in [6.45, 7) is 1.78. The van der Waals surface area contributed by atoms with Crippen molar-refractivity contribution in [2.24, 2.45) is 0 Å². The van der Waals surface area contributed by atoms with Crippen molar-refractivity contribution in [3.63, 3.8) is 0 Å². The van der Waals surface area contributed by atoms with Crippen LogP contribution in [0, 0.1) is 5.82 Å². The second-order valence-corrected chi connectivity index (χ2v) is 4.29. The summed E-state index contributed by atoms with van der Waals surface area (Å²) >= 11 is 0. The second kappa shape index (κ2) is 6.10. The zero-order chi connectivity index (χ0) is 14.5. The van der Waals surface area contributed by atoms with Gasteiger partial charge in [-0.25, -0.2) is 9.18 Å². The van der Waals surface area contributed by atoms with Crippen molar-refractivity contribution in [1.29, 1.82) is 0 Å². The highest BCUT2D eigenvalue weighted by molar-refractivity contribution is 5.91. The summed E-state index contributed by atoms with van der Waals surface area (Å²) in [5.41, 5.74) is 2.60. The van der Waals surface area contributed by atoms with Crippen molar-refractivity contribution < 1.29 is 13.9 Å². The van der Waals surface area contributed by atoms with Gasteiger partial charge in [0.15, 0.2) is 0 Å². The number of rotatable bonds is 3. The van der Waals surface area contributed by atoms with Crippen LogP contribution in [0.5, 0.6) is 0 Å². The Morgan fingerprint density at radius 3 is 2.75 bits per heavy atom.